The molecule has 1 aromatic carbocycles. The molecule has 1 heterocycles. The summed E-state index contributed by atoms with van der Waals surface area (Å²) in [6, 6.07) is 9.96. The van der Waals surface area contributed by atoms with Crippen molar-refractivity contribution >= 4 is 5.91 Å². The van der Waals surface area contributed by atoms with Crippen molar-refractivity contribution in [2.75, 3.05) is 6.61 Å². The Morgan fingerprint density at radius 3 is 2.82 bits per heavy atom. The topological polar surface area (TPSA) is 70.1 Å². The van der Waals surface area contributed by atoms with E-state index in [2.05, 4.69) is 5.10 Å². The third-order valence-electron chi connectivity index (χ3n) is 2.18. The van der Waals surface area contributed by atoms with E-state index in [1.807, 2.05) is 30.3 Å². The molecule has 0 atom stereocenters. The zero-order valence-corrected chi connectivity index (χ0v) is 9.24. The van der Waals surface area contributed by atoms with E-state index >= 15 is 0 Å². The van der Waals surface area contributed by atoms with Gasteiger partial charge in [0.05, 0.1) is 18.9 Å². The molecular formula is C12H13N3O2. The second kappa shape index (κ2) is 5.16. The molecule has 17 heavy (non-hydrogen) atoms. The molecule has 0 spiro atoms. The van der Waals surface area contributed by atoms with Crippen LogP contribution in [0.3, 0.4) is 0 Å². The second-order valence-corrected chi connectivity index (χ2v) is 3.61. The molecule has 0 unspecified atom stereocenters. The molecule has 0 fully saturated rings. The van der Waals surface area contributed by atoms with Gasteiger partial charge in [-0.2, -0.15) is 5.10 Å². The van der Waals surface area contributed by atoms with E-state index in [1.54, 1.807) is 17.1 Å². The Labute approximate surface area is 98.8 Å². The van der Waals surface area contributed by atoms with Gasteiger partial charge in [-0.25, -0.2) is 0 Å². The Hall–Kier alpha value is -2.30. The zero-order chi connectivity index (χ0) is 12.1. The summed E-state index contributed by atoms with van der Waals surface area (Å²) in [6.07, 6.45) is 3.29. The first kappa shape index (κ1) is 11.2. The van der Waals surface area contributed by atoms with Gasteiger partial charge in [0.15, 0.2) is 12.4 Å². The van der Waals surface area contributed by atoms with Crippen molar-refractivity contribution in [2.45, 2.75) is 6.54 Å². The van der Waals surface area contributed by atoms with E-state index in [1.165, 1.54) is 0 Å². The average molecular weight is 231 g/mol. The Kier molecular flexibility index (Phi) is 3.40. The van der Waals surface area contributed by atoms with Crippen molar-refractivity contribution in [1.29, 1.82) is 0 Å². The van der Waals surface area contributed by atoms with Gasteiger partial charge in [0.25, 0.3) is 5.91 Å². The summed E-state index contributed by atoms with van der Waals surface area (Å²) in [5.41, 5.74) is 6.13. The number of hydrogen-bond acceptors (Lipinski definition) is 3. The second-order valence-electron chi connectivity index (χ2n) is 3.61. The number of carbonyl (C=O) groups excluding carboxylic acids is 1. The van der Waals surface area contributed by atoms with Crippen LogP contribution in [0.1, 0.15) is 5.56 Å². The van der Waals surface area contributed by atoms with E-state index in [0.29, 0.717) is 12.3 Å². The van der Waals surface area contributed by atoms with Crippen LogP contribution in [0.25, 0.3) is 0 Å². The number of benzene rings is 1. The molecule has 88 valence electrons. The average Bonchev–Trinajstić information content (AvgIpc) is 2.75. The van der Waals surface area contributed by atoms with Crippen LogP contribution in [-0.2, 0) is 11.3 Å². The van der Waals surface area contributed by atoms with Crippen LogP contribution in [-0.4, -0.2) is 22.3 Å². The van der Waals surface area contributed by atoms with Crippen molar-refractivity contribution in [1.82, 2.24) is 9.78 Å². The molecule has 5 nitrogen and oxygen atoms in total. The Morgan fingerprint density at radius 1 is 1.35 bits per heavy atom. The minimum Gasteiger partial charge on any atom is -0.480 e. The van der Waals surface area contributed by atoms with Crippen molar-refractivity contribution in [3.8, 4) is 5.75 Å². The minimum atomic E-state index is -0.499. The number of aromatic nitrogens is 2. The smallest absolute Gasteiger partial charge is 0.255 e. The molecule has 1 aromatic heterocycles. The predicted molar refractivity (Wildman–Crippen MR) is 62.5 cm³/mol. The number of amides is 1. The van der Waals surface area contributed by atoms with E-state index in [-0.39, 0.29) is 6.61 Å². The molecule has 2 N–H and O–H groups in total. The number of primary amides is 1. The molecule has 1 amide bonds. The normalized spacial score (nSPS) is 10.1. The minimum absolute atomic E-state index is 0.128. The van der Waals surface area contributed by atoms with E-state index in [4.69, 9.17) is 10.5 Å². The highest BCUT2D eigenvalue weighted by molar-refractivity contribution is 5.75. The summed E-state index contributed by atoms with van der Waals surface area (Å²) in [5, 5.41) is 4.13. The van der Waals surface area contributed by atoms with Gasteiger partial charge in [0.2, 0.25) is 0 Å². The Bertz CT molecular complexity index is 493. The SMILES string of the molecule is NC(=O)COc1cnn(Cc2ccccc2)c1. The Balaban J connectivity index is 1.97. The highest BCUT2D eigenvalue weighted by Gasteiger charge is 2.01. The standard InChI is InChI=1S/C12H13N3O2/c13-12(16)9-17-11-6-14-15(8-11)7-10-4-2-1-3-5-10/h1-6,8H,7,9H2,(H2,13,16). The van der Waals surface area contributed by atoms with E-state index in [9.17, 15) is 4.79 Å². The van der Waals surface area contributed by atoms with Gasteiger partial charge < -0.3 is 10.5 Å². The molecule has 0 bridgehead atoms. The van der Waals surface area contributed by atoms with Gasteiger partial charge in [-0.05, 0) is 5.56 Å². The maximum absolute atomic E-state index is 10.5. The van der Waals surface area contributed by atoms with Crippen molar-refractivity contribution < 1.29 is 9.53 Å². The third kappa shape index (κ3) is 3.34. The molecular weight excluding hydrogens is 218 g/mol. The largest absolute Gasteiger partial charge is 0.480 e. The zero-order valence-electron chi connectivity index (χ0n) is 9.24. The monoisotopic (exact) mass is 231 g/mol. The quantitative estimate of drug-likeness (QED) is 0.827. The highest BCUT2D eigenvalue weighted by Crippen LogP contribution is 2.09. The first-order valence-electron chi connectivity index (χ1n) is 5.21. The lowest BCUT2D eigenvalue weighted by atomic mass is 10.2. The number of hydrogen-bond donors (Lipinski definition) is 1. The third-order valence-corrected chi connectivity index (χ3v) is 2.18. The maximum atomic E-state index is 10.5. The fourth-order valence-electron chi connectivity index (χ4n) is 1.43. The number of ether oxygens (including phenoxy) is 1. The summed E-state index contributed by atoms with van der Waals surface area (Å²) >= 11 is 0. The number of rotatable bonds is 5. The summed E-state index contributed by atoms with van der Waals surface area (Å²) in [5.74, 6) is 0.0422. The molecule has 0 saturated carbocycles. The number of nitrogens with two attached hydrogens (primary N) is 1. The Morgan fingerprint density at radius 2 is 2.12 bits per heavy atom. The predicted octanol–water partition coefficient (Wildman–Crippen LogP) is 0.795. The van der Waals surface area contributed by atoms with Gasteiger partial charge in [-0.1, -0.05) is 30.3 Å². The van der Waals surface area contributed by atoms with Crippen LogP contribution >= 0.6 is 0 Å². The van der Waals surface area contributed by atoms with E-state index in [0.717, 1.165) is 5.56 Å². The van der Waals surface area contributed by atoms with Gasteiger partial charge in [0, 0.05) is 0 Å². The van der Waals surface area contributed by atoms with Crippen LogP contribution < -0.4 is 10.5 Å². The van der Waals surface area contributed by atoms with E-state index < -0.39 is 5.91 Å². The van der Waals surface area contributed by atoms with Gasteiger partial charge in [-0.15, -0.1) is 0 Å². The highest BCUT2D eigenvalue weighted by atomic mass is 16.5. The van der Waals surface area contributed by atoms with Crippen LogP contribution in [0.15, 0.2) is 42.7 Å². The molecule has 0 aliphatic rings. The number of nitrogens with zero attached hydrogens (tertiary/aromatic N) is 2. The van der Waals surface area contributed by atoms with Gasteiger partial charge in [-0.3, -0.25) is 9.48 Å². The lowest BCUT2D eigenvalue weighted by molar-refractivity contribution is -0.119. The van der Waals surface area contributed by atoms with Crippen molar-refractivity contribution in [3.63, 3.8) is 0 Å². The first-order valence-corrected chi connectivity index (χ1v) is 5.21. The summed E-state index contributed by atoms with van der Waals surface area (Å²) < 4.78 is 6.87. The fourth-order valence-corrected chi connectivity index (χ4v) is 1.43. The molecule has 0 saturated heterocycles. The molecule has 2 aromatic rings. The molecule has 2 rings (SSSR count). The first-order chi connectivity index (χ1) is 8.24. The molecule has 0 radical (unpaired) electrons. The van der Waals surface area contributed by atoms with Crippen molar-refractivity contribution in [2.24, 2.45) is 5.73 Å². The van der Waals surface area contributed by atoms with Crippen LogP contribution in [0.5, 0.6) is 5.75 Å². The molecule has 5 heteroatoms. The van der Waals surface area contributed by atoms with Crippen LogP contribution in [0.4, 0.5) is 0 Å². The number of carbonyl (C=O) groups is 1. The van der Waals surface area contributed by atoms with Crippen LogP contribution in [0, 0.1) is 0 Å². The molecule has 0 aliphatic heterocycles. The molecule has 0 aliphatic carbocycles. The maximum Gasteiger partial charge on any atom is 0.255 e. The summed E-state index contributed by atoms with van der Waals surface area (Å²) in [7, 11) is 0. The van der Waals surface area contributed by atoms with Gasteiger partial charge in [0.1, 0.15) is 0 Å². The van der Waals surface area contributed by atoms with Gasteiger partial charge >= 0.3 is 0 Å². The lowest BCUT2D eigenvalue weighted by Gasteiger charge is -2.01. The van der Waals surface area contributed by atoms with Crippen molar-refractivity contribution in [3.05, 3.63) is 48.3 Å². The summed E-state index contributed by atoms with van der Waals surface area (Å²) in [6.45, 7) is 0.539. The van der Waals surface area contributed by atoms with Crippen LogP contribution in [0.2, 0.25) is 0 Å². The lowest BCUT2D eigenvalue weighted by Crippen LogP contribution is -2.19. The fraction of sp³-hybridized carbons (Fsp3) is 0.167. The summed E-state index contributed by atoms with van der Waals surface area (Å²) in [4.78, 5) is 10.5.